The predicted molar refractivity (Wildman–Crippen MR) is 73.7 cm³/mol. The van der Waals surface area contributed by atoms with E-state index in [2.05, 4.69) is 23.4 Å². The van der Waals surface area contributed by atoms with Crippen LogP contribution < -0.4 is 0 Å². The van der Waals surface area contributed by atoms with Gasteiger partial charge < -0.3 is 9.67 Å². The number of carboxylic acids is 1. The number of imidazole rings is 1. The first kappa shape index (κ1) is 12.2. The molecule has 0 unspecified atom stereocenters. The summed E-state index contributed by atoms with van der Waals surface area (Å²) >= 11 is 0. The van der Waals surface area contributed by atoms with Crippen molar-refractivity contribution in [1.82, 2.24) is 9.55 Å². The van der Waals surface area contributed by atoms with Gasteiger partial charge in [-0.1, -0.05) is 13.8 Å². The predicted octanol–water partition coefficient (Wildman–Crippen LogP) is 3.58. The SMILES string of the molecule is CC(C)c1nc2ccc(C(=O)O)cc2n1C1CCC1. The van der Waals surface area contributed by atoms with Gasteiger partial charge in [0, 0.05) is 12.0 Å². The quantitative estimate of drug-likeness (QED) is 0.915. The summed E-state index contributed by atoms with van der Waals surface area (Å²) in [6, 6.07) is 5.70. The maximum atomic E-state index is 11.1. The molecule has 1 fully saturated rings. The van der Waals surface area contributed by atoms with Crippen LogP contribution in [-0.4, -0.2) is 20.6 Å². The Morgan fingerprint density at radius 1 is 1.42 bits per heavy atom. The van der Waals surface area contributed by atoms with Gasteiger partial charge in [0.25, 0.3) is 0 Å². The Morgan fingerprint density at radius 2 is 2.16 bits per heavy atom. The smallest absolute Gasteiger partial charge is 0.335 e. The molecule has 4 nitrogen and oxygen atoms in total. The van der Waals surface area contributed by atoms with Gasteiger partial charge in [-0.15, -0.1) is 0 Å². The molecule has 1 aromatic heterocycles. The van der Waals surface area contributed by atoms with Gasteiger partial charge >= 0.3 is 5.97 Å². The molecule has 0 amide bonds. The van der Waals surface area contributed by atoms with E-state index < -0.39 is 5.97 Å². The van der Waals surface area contributed by atoms with Crippen LogP contribution in [0.25, 0.3) is 11.0 Å². The zero-order valence-electron chi connectivity index (χ0n) is 11.3. The molecule has 0 spiro atoms. The summed E-state index contributed by atoms with van der Waals surface area (Å²) in [6.45, 7) is 4.27. The number of rotatable bonds is 3. The molecular weight excluding hydrogens is 240 g/mol. The van der Waals surface area contributed by atoms with Gasteiger partial charge in [0.15, 0.2) is 0 Å². The van der Waals surface area contributed by atoms with Crippen LogP contribution in [0.4, 0.5) is 0 Å². The molecule has 100 valence electrons. The minimum atomic E-state index is -0.880. The van der Waals surface area contributed by atoms with Crippen LogP contribution in [0.2, 0.25) is 0 Å². The topological polar surface area (TPSA) is 55.1 Å². The van der Waals surface area contributed by atoms with E-state index in [4.69, 9.17) is 5.11 Å². The Kier molecular flexibility index (Phi) is 2.81. The number of fused-ring (bicyclic) bond motifs is 1. The summed E-state index contributed by atoms with van der Waals surface area (Å²) in [5.74, 6) is 0.540. The molecule has 2 aromatic rings. The van der Waals surface area contributed by atoms with Gasteiger partial charge in [-0.2, -0.15) is 0 Å². The van der Waals surface area contributed by atoms with E-state index in [1.54, 1.807) is 12.1 Å². The highest BCUT2D eigenvalue weighted by molar-refractivity contribution is 5.92. The first-order valence-corrected chi connectivity index (χ1v) is 6.83. The fourth-order valence-electron chi connectivity index (χ4n) is 2.68. The average Bonchev–Trinajstić information content (AvgIpc) is 2.66. The lowest BCUT2D eigenvalue weighted by Gasteiger charge is -2.30. The van der Waals surface area contributed by atoms with E-state index in [-0.39, 0.29) is 0 Å². The second kappa shape index (κ2) is 4.37. The molecule has 4 heteroatoms. The van der Waals surface area contributed by atoms with Crippen LogP contribution in [0.15, 0.2) is 18.2 Å². The number of carboxylic acid groups (broad SMARTS) is 1. The highest BCUT2D eigenvalue weighted by Crippen LogP contribution is 2.37. The Bertz CT molecular complexity index is 639. The molecule has 0 aliphatic heterocycles. The van der Waals surface area contributed by atoms with E-state index in [0.29, 0.717) is 17.5 Å². The Labute approximate surface area is 112 Å². The summed E-state index contributed by atoms with van der Waals surface area (Å²) in [5, 5.41) is 9.13. The second-order valence-electron chi connectivity index (χ2n) is 5.59. The van der Waals surface area contributed by atoms with Crippen molar-refractivity contribution in [2.24, 2.45) is 0 Å². The normalized spacial score (nSPS) is 15.9. The van der Waals surface area contributed by atoms with Crippen molar-refractivity contribution in [2.45, 2.75) is 45.1 Å². The van der Waals surface area contributed by atoms with E-state index >= 15 is 0 Å². The summed E-state index contributed by atoms with van der Waals surface area (Å²) in [4.78, 5) is 15.8. The van der Waals surface area contributed by atoms with Gasteiger partial charge in [0.05, 0.1) is 16.6 Å². The molecule has 1 aliphatic rings. The molecule has 1 saturated carbocycles. The summed E-state index contributed by atoms with van der Waals surface area (Å²) < 4.78 is 2.26. The number of benzene rings is 1. The van der Waals surface area contributed by atoms with Crippen molar-refractivity contribution in [1.29, 1.82) is 0 Å². The molecule has 0 atom stereocenters. The largest absolute Gasteiger partial charge is 0.478 e. The lowest BCUT2D eigenvalue weighted by atomic mass is 9.92. The van der Waals surface area contributed by atoms with Gasteiger partial charge in [-0.3, -0.25) is 0 Å². The van der Waals surface area contributed by atoms with Gasteiger partial charge in [-0.25, -0.2) is 9.78 Å². The molecule has 1 aliphatic carbocycles. The number of carbonyl (C=O) groups is 1. The van der Waals surface area contributed by atoms with Crippen LogP contribution in [0.3, 0.4) is 0 Å². The summed E-state index contributed by atoms with van der Waals surface area (Å²) in [6.07, 6.45) is 3.59. The number of aromatic carboxylic acids is 1. The minimum absolute atomic E-state index is 0.336. The molecule has 19 heavy (non-hydrogen) atoms. The third-order valence-corrected chi connectivity index (χ3v) is 3.92. The van der Waals surface area contributed by atoms with E-state index in [0.717, 1.165) is 16.9 Å². The van der Waals surface area contributed by atoms with E-state index in [1.165, 1.54) is 19.3 Å². The monoisotopic (exact) mass is 258 g/mol. The standard InChI is InChI=1S/C15H18N2O2/c1-9(2)14-16-12-7-6-10(15(18)19)8-13(12)17(14)11-4-3-5-11/h6-9,11H,3-5H2,1-2H3,(H,18,19). The van der Waals surface area contributed by atoms with Crippen molar-refractivity contribution in [3.8, 4) is 0 Å². The average molecular weight is 258 g/mol. The van der Waals surface area contributed by atoms with E-state index in [1.807, 2.05) is 6.07 Å². The fourth-order valence-corrected chi connectivity index (χ4v) is 2.68. The van der Waals surface area contributed by atoms with Crippen LogP contribution >= 0.6 is 0 Å². The second-order valence-corrected chi connectivity index (χ2v) is 5.59. The number of hydrogen-bond donors (Lipinski definition) is 1. The van der Waals surface area contributed by atoms with Crippen molar-refractivity contribution < 1.29 is 9.90 Å². The number of nitrogens with zero attached hydrogens (tertiary/aromatic N) is 2. The zero-order chi connectivity index (χ0) is 13.6. The number of hydrogen-bond acceptors (Lipinski definition) is 2. The van der Waals surface area contributed by atoms with Crippen LogP contribution in [0, 0.1) is 0 Å². The van der Waals surface area contributed by atoms with Gasteiger partial charge in [0.1, 0.15) is 5.82 Å². The van der Waals surface area contributed by atoms with Crippen molar-refractivity contribution in [3.63, 3.8) is 0 Å². The molecular formula is C15H18N2O2. The van der Waals surface area contributed by atoms with Crippen LogP contribution in [-0.2, 0) is 0 Å². The maximum Gasteiger partial charge on any atom is 0.335 e. The lowest BCUT2D eigenvalue weighted by molar-refractivity contribution is 0.0697. The molecule has 1 heterocycles. The summed E-state index contributed by atoms with van der Waals surface area (Å²) in [5.41, 5.74) is 2.21. The van der Waals surface area contributed by atoms with Crippen molar-refractivity contribution in [2.75, 3.05) is 0 Å². The summed E-state index contributed by atoms with van der Waals surface area (Å²) in [7, 11) is 0. The fraction of sp³-hybridized carbons (Fsp3) is 0.467. The van der Waals surface area contributed by atoms with E-state index in [9.17, 15) is 4.79 Å². The Balaban J connectivity index is 2.23. The maximum absolute atomic E-state index is 11.1. The highest BCUT2D eigenvalue weighted by Gasteiger charge is 2.26. The zero-order valence-corrected chi connectivity index (χ0v) is 11.3. The van der Waals surface area contributed by atoms with Crippen molar-refractivity contribution >= 4 is 17.0 Å². The van der Waals surface area contributed by atoms with Crippen molar-refractivity contribution in [3.05, 3.63) is 29.6 Å². The minimum Gasteiger partial charge on any atom is -0.478 e. The Hall–Kier alpha value is -1.84. The molecule has 0 bridgehead atoms. The first-order chi connectivity index (χ1) is 9.08. The highest BCUT2D eigenvalue weighted by atomic mass is 16.4. The molecule has 0 radical (unpaired) electrons. The van der Waals surface area contributed by atoms with Gasteiger partial charge in [-0.05, 0) is 37.5 Å². The third kappa shape index (κ3) is 1.91. The molecule has 0 saturated heterocycles. The van der Waals surface area contributed by atoms with Crippen LogP contribution in [0.5, 0.6) is 0 Å². The number of aromatic nitrogens is 2. The molecule has 1 N–H and O–H groups in total. The van der Waals surface area contributed by atoms with Crippen LogP contribution in [0.1, 0.15) is 61.3 Å². The Morgan fingerprint density at radius 3 is 2.68 bits per heavy atom. The molecule has 1 aromatic carbocycles. The van der Waals surface area contributed by atoms with Gasteiger partial charge in [0.2, 0.25) is 0 Å². The first-order valence-electron chi connectivity index (χ1n) is 6.83. The third-order valence-electron chi connectivity index (χ3n) is 3.92. The molecule has 3 rings (SSSR count). The lowest BCUT2D eigenvalue weighted by Crippen LogP contribution is -2.19.